The molecular weight excluding hydrogens is 280 g/mol. The highest BCUT2D eigenvalue weighted by atomic mass is 79.9. The summed E-state index contributed by atoms with van der Waals surface area (Å²) in [6.45, 7) is 4.13. The Kier molecular flexibility index (Phi) is 3.68. The normalized spacial score (nSPS) is 10.6. The Morgan fingerprint density at radius 2 is 1.94 bits per heavy atom. The smallest absolute Gasteiger partial charge is 0.135 e. The number of halogens is 1. The lowest BCUT2D eigenvalue weighted by Crippen LogP contribution is -2.01. The van der Waals surface area contributed by atoms with Crippen molar-refractivity contribution in [3.63, 3.8) is 0 Å². The zero-order valence-electron chi connectivity index (χ0n) is 9.68. The highest BCUT2D eigenvalue weighted by Crippen LogP contribution is 2.16. The van der Waals surface area contributed by atoms with Gasteiger partial charge in [0.1, 0.15) is 17.5 Å². The largest absolute Gasteiger partial charge is 0.325 e. The lowest BCUT2D eigenvalue weighted by Gasteiger charge is -2.07. The zero-order chi connectivity index (χ0) is 12.3. The molecule has 0 aliphatic heterocycles. The minimum atomic E-state index is 0.314. The molecule has 2 aromatic heterocycles. The van der Waals surface area contributed by atoms with Gasteiger partial charge in [-0.3, -0.25) is 0 Å². The second-order valence-electron chi connectivity index (χ2n) is 3.94. The van der Waals surface area contributed by atoms with Crippen molar-refractivity contribution in [1.82, 2.24) is 15.0 Å². The third-order valence-corrected chi connectivity index (χ3v) is 2.64. The summed E-state index contributed by atoms with van der Waals surface area (Å²) < 4.78 is 0.952. The first-order valence-corrected chi connectivity index (χ1v) is 6.16. The summed E-state index contributed by atoms with van der Waals surface area (Å²) in [5.74, 6) is 2.67. The van der Waals surface area contributed by atoms with Gasteiger partial charge in [0.25, 0.3) is 0 Å². The Hall–Kier alpha value is -1.49. The number of nitrogens with one attached hydrogen (secondary N) is 1. The summed E-state index contributed by atoms with van der Waals surface area (Å²) >= 11 is 3.35. The van der Waals surface area contributed by atoms with Gasteiger partial charge in [0, 0.05) is 22.8 Å². The van der Waals surface area contributed by atoms with Gasteiger partial charge < -0.3 is 5.32 Å². The van der Waals surface area contributed by atoms with E-state index < -0.39 is 0 Å². The molecule has 0 radical (unpaired) electrons. The number of pyridine rings is 1. The summed E-state index contributed by atoms with van der Waals surface area (Å²) in [6.07, 6.45) is 3.50. The quantitative estimate of drug-likeness (QED) is 0.941. The number of rotatable bonds is 3. The summed E-state index contributed by atoms with van der Waals surface area (Å²) in [6, 6.07) is 5.65. The van der Waals surface area contributed by atoms with Crippen molar-refractivity contribution in [1.29, 1.82) is 0 Å². The number of anilines is 2. The standard InChI is InChI=1S/C12H13BrN4/c1-8(2)12-14-6-5-11(17-12)16-10-4-3-9(13)7-15-10/h3-8H,1-2H3,(H,14,15,16,17). The molecule has 0 aliphatic rings. The van der Waals surface area contributed by atoms with Crippen molar-refractivity contribution in [3.8, 4) is 0 Å². The Bertz CT molecular complexity index is 496. The number of aromatic nitrogens is 3. The fraction of sp³-hybridized carbons (Fsp3) is 0.250. The molecule has 0 bridgehead atoms. The first-order valence-electron chi connectivity index (χ1n) is 5.36. The van der Waals surface area contributed by atoms with Gasteiger partial charge >= 0.3 is 0 Å². The van der Waals surface area contributed by atoms with Gasteiger partial charge in [0.2, 0.25) is 0 Å². The molecule has 88 valence electrons. The van der Waals surface area contributed by atoms with E-state index in [0.717, 1.165) is 21.9 Å². The van der Waals surface area contributed by atoms with Crippen LogP contribution in [0.4, 0.5) is 11.6 Å². The van der Waals surface area contributed by atoms with Crippen molar-refractivity contribution >= 4 is 27.6 Å². The Labute approximate surface area is 109 Å². The van der Waals surface area contributed by atoms with Gasteiger partial charge in [-0.25, -0.2) is 15.0 Å². The lowest BCUT2D eigenvalue weighted by molar-refractivity contribution is 0.776. The highest BCUT2D eigenvalue weighted by molar-refractivity contribution is 9.10. The molecule has 2 rings (SSSR count). The van der Waals surface area contributed by atoms with Crippen molar-refractivity contribution in [2.24, 2.45) is 0 Å². The summed E-state index contributed by atoms with van der Waals surface area (Å²) in [5.41, 5.74) is 0. The van der Waals surface area contributed by atoms with Gasteiger partial charge in [-0.1, -0.05) is 13.8 Å². The summed E-state index contributed by atoms with van der Waals surface area (Å²) in [5, 5.41) is 3.14. The second-order valence-corrected chi connectivity index (χ2v) is 4.86. The van der Waals surface area contributed by atoms with Crippen LogP contribution in [0.5, 0.6) is 0 Å². The molecule has 0 aromatic carbocycles. The van der Waals surface area contributed by atoms with E-state index in [4.69, 9.17) is 0 Å². The van der Waals surface area contributed by atoms with Crippen LogP contribution in [0.1, 0.15) is 25.6 Å². The van der Waals surface area contributed by atoms with Crippen LogP contribution >= 0.6 is 15.9 Å². The third-order valence-electron chi connectivity index (χ3n) is 2.17. The van der Waals surface area contributed by atoms with E-state index in [0.29, 0.717) is 5.92 Å². The monoisotopic (exact) mass is 292 g/mol. The van der Waals surface area contributed by atoms with Crippen LogP contribution in [-0.4, -0.2) is 15.0 Å². The minimum absolute atomic E-state index is 0.314. The number of hydrogen-bond donors (Lipinski definition) is 1. The first-order chi connectivity index (χ1) is 8.15. The van der Waals surface area contributed by atoms with E-state index >= 15 is 0 Å². The molecule has 0 saturated heterocycles. The molecule has 0 spiro atoms. The first kappa shape index (κ1) is 12.0. The molecule has 0 fully saturated rings. The molecule has 2 heterocycles. The maximum Gasteiger partial charge on any atom is 0.135 e. The van der Waals surface area contributed by atoms with E-state index in [2.05, 4.69) is 50.0 Å². The topological polar surface area (TPSA) is 50.7 Å². The van der Waals surface area contributed by atoms with Crippen LogP contribution < -0.4 is 5.32 Å². The predicted octanol–water partition coefficient (Wildman–Crippen LogP) is 3.50. The zero-order valence-corrected chi connectivity index (χ0v) is 11.3. The third kappa shape index (κ3) is 3.23. The van der Waals surface area contributed by atoms with Crippen molar-refractivity contribution in [3.05, 3.63) is 40.9 Å². The van der Waals surface area contributed by atoms with Gasteiger partial charge in [-0.2, -0.15) is 0 Å². The molecule has 0 saturated carbocycles. The maximum absolute atomic E-state index is 4.42. The summed E-state index contributed by atoms with van der Waals surface area (Å²) in [7, 11) is 0. The van der Waals surface area contributed by atoms with E-state index in [9.17, 15) is 0 Å². The number of hydrogen-bond acceptors (Lipinski definition) is 4. The average Bonchev–Trinajstić information content (AvgIpc) is 2.32. The van der Waals surface area contributed by atoms with Gasteiger partial charge in [-0.05, 0) is 34.1 Å². The van der Waals surface area contributed by atoms with E-state index in [-0.39, 0.29) is 0 Å². The lowest BCUT2D eigenvalue weighted by atomic mass is 10.2. The highest BCUT2D eigenvalue weighted by Gasteiger charge is 2.04. The molecule has 4 nitrogen and oxygen atoms in total. The fourth-order valence-electron chi connectivity index (χ4n) is 1.30. The fourth-order valence-corrected chi connectivity index (χ4v) is 1.54. The van der Waals surface area contributed by atoms with Crippen LogP contribution in [0.2, 0.25) is 0 Å². The molecule has 2 aromatic rings. The van der Waals surface area contributed by atoms with E-state index in [1.807, 2.05) is 18.2 Å². The van der Waals surface area contributed by atoms with Crippen LogP contribution in [0.15, 0.2) is 35.1 Å². The Morgan fingerprint density at radius 1 is 1.12 bits per heavy atom. The van der Waals surface area contributed by atoms with E-state index in [1.54, 1.807) is 12.4 Å². The predicted molar refractivity (Wildman–Crippen MR) is 71.3 cm³/mol. The van der Waals surface area contributed by atoms with Crippen molar-refractivity contribution < 1.29 is 0 Å². The molecule has 1 N–H and O–H groups in total. The van der Waals surface area contributed by atoms with Gasteiger partial charge in [-0.15, -0.1) is 0 Å². The maximum atomic E-state index is 4.42. The molecule has 0 aliphatic carbocycles. The molecule has 17 heavy (non-hydrogen) atoms. The Morgan fingerprint density at radius 3 is 2.59 bits per heavy atom. The minimum Gasteiger partial charge on any atom is -0.325 e. The van der Waals surface area contributed by atoms with Gasteiger partial charge in [0.15, 0.2) is 0 Å². The van der Waals surface area contributed by atoms with Crippen LogP contribution in [0.3, 0.4) is 0 Å². The van der Waals surface area contributed by atoms with Crippen LogP contribution in [0.25, 0.3) is 0 Å². The molecule has 0 atom stereocenters. The van der Waals surface area contributed by atoms with E-state index in [1.165, 1.54) is 0 Å². The average molecular weight is 293 g/mol. The van der Waals surface area contributed by atoms with Crippen molar-refractivity contribution in [2.75, 3.05) is 5.32 Å². The molecule has 0 amide bonds. The number of nitrogens with zero attached hydrogens (tertiary/aromatic N) is 3. The molecule has 0 unspecified atom stereocenters. The second kappa shape index (κ2) is 5.23. The molecule has 5 heteroatoms. The van der Waals surface area contributed by atoms with Crippen LogP contribution in [0, 0.1) is 0 Å². The van der Waals surface area contributed by atoms with Gasteiger partial charge in [0.05, 0.1) is 0 Å². The Balaban J connectivity index is 2.18. The van der Waals surface area contributed by atoms with Crippen molar-refractivity contribution in [2.45, 2.75) is 19.8 Å². The SMILES string of the molecule is CC(C)c1nccc(Nc2ccc(Br)cn2)n1. The molecular formula is C12H13BrN4. The van der Waals surface area contributed by atoms with Crippen LogP contribution in [-0.2, 0) is 0 Å². The summed E-state index contributed by atoms with van der Waals surface area (Å²) in [4.78, 5) is 12.9.